The van der Waals surface area contributed by atoms with Gasteiger partial charge in [0.2, 0.25) is 0 Å². The number of hydrogen-bond acceptors (Lipinski definition) is 5. The minimum atomic E-state index is -0.470. The van der Waals surface area contributed by atoms with E-state index in [0.29, 0.717) is 48.5 Å². The van der Waals surface area contributed by atoms with Crippen molar-refractivity contribution in [1.29, 1.82) is 0 Å². The van der Waals surface area contributed by atoms with Crippen molar-refractivity contribution in [3.8, 4) is 0 Å². The lowest BCUT2D eigenvalue weighted by Gasteiger charge is -2.26. The summed E-state index contributed by atoms with van der Waals surface area (Å²) >= 11 is 0. The Hall–Kier alpha value is -3.07. The number of aliphatic hydroxyl groups excluding tert-OH is 1. The highest BCUT2D eigenvalue weighted by Crippen LogP contribution is 2.37. The summed E-state index contributed by atoms with van der Waals surface area (Å²) in [7, 11) is 0. The van der Waals surface area contributed by atoms with Crippen LogP contribution in [0.4, 0.5) is 19.4 Å². The number of anilines is 1. The Morgan fingerprint density at radius 1 is 1.15 bits per heavy atom. The monoisotopic (exact) mass is 455 g/mol. The molecule has 1 amide bonds. The first-order valence-electron chi connectivity index (χ1n) is 11.5. The Balaban J connectivity index is 1.37. The van der Waals surface area contributed by atoms with Gasteiger partial charge in [0.05, 0.1) is 12.1 Å². The van der Waals surface area contributed by atoms with E-state index in [-0.39, 0.29) is 24.1 Å². The largest absolute Gasteiger partial charge is 0.393 e. The number of imidazole rings is 1. The molecule has 7 nitrogen and oxygen atoms in total. The standard InChI is InChI=1S/C24H27F2N5O2/c25-16-6-7-19(26)18(12-16)21-5-2-10-30(21)22-9-8-20-23(29-22)31(14-28-20)24(33)27-13-15-3-1-4-17(32)11-15/h6-9,12,14-15,17,21,32H,1-5,10-11,13H2,(H,27,33). The van der Waals surface area contributed by atoms with Crippen molar-refractivity contribution in [2.45, 2.75) is 50.7 Å². The summed E-state index contributed by atoms with van der Waals surface area (Å²) in [6.07, 6.45) is 6.12. The van der Waals surface area contributed by atoms with Crippen LogP contribution in [0.5, 0.6) is 0 Å². The number of nitrogens with one attached hydrogen (secondary N) is 1. The molecule has 0 bridgehead atoms. The molecule has 1 aromatic carbocycles. The smallest absolute Gasteiger partial charge is 0.328 e. The van der Waals surface area contributed by atoms with E-state index < -0.39 is 11.6 Å². The lowest BCUT2D eigenvalue weighted by molar-refractivity contribution is 0.101. The zero-order chi connectivity index (χ0) is 22.9. The summed E-state index contributed by atoms with van der Waals surface area (Å²) in [6, 6.07) is 6.46. The first-order chi connectivity index (χ1) is 16.0. The van der Waals surface area contributed by atoms with Gasteiger partial charge in [0.25, 0.3) is 0 Å². The summed E-state index contributed by atoms with van der Waals surface area (Å²) in [6.45, 7) is 1.14. The Bertz CT molecular complexity index is 1170. The molecular formula is C24H27F2N5O2. The van der Waals surface area contributed by atoms with Gasteiger partial charge in [-0.05, 0) is 68.4 Å². The molecule has 1 saturated heterocycles. The lowest BCUT2D eigenvalue weighted by Crippen LogP contribution is -2.35. The van der Waals surface area contributed by atoms with E-state index in [4.69, 9.17) is 0 Å². The number of carbonyl (C=O) groups is 1. The van der Waals surface area contributed by atoms with Gasteiger partial charge in [-0.2, -0.15) is 0 Å². The summed E-state index contributed by atoms with van der Waals surface area (Å²) in [5.41, 5.74) is 1.31. The normalized spacial score (nSPS) is 23.2. The van der Waals surface area contributed by atoms with Crippen LogP contribution in [0.25, 0.3) is 11.2 Å². The van der Waals surface area contributed by atoms with Crippen LogP contribution in [0, 0.1) is 17.6 Å². The molecule has 5 rings (SSSR count). The number of aromatic nitrogens is 3. The molecule has 2 aliphatic rings. The molecule has 2 N–H and O–H groups in total. The quantitative estimate of drug-likeness (QED) is 0.617. The molecule has 1 aliphatic heterocycles. The maximum absolute atomic E-state index is 14.4. The molecule has 3 atom stereocenters. The van der Waals surface area contributed by atoms with Crippen molar-refractivity contribution in [2.24, 2.45) is 5.92 Å². The predicted molar refractivity (Wildman–Crippen MR) is 120 cm³/mol. The number of fused-ring (bicyclic) bond motifs is 1. The molecule has 2 fully saturated rings. The van der Waals surface area contributed by atoms with Crippen LogP contribution in [0.3, 0.4) is 0 Å². The SMILES string of the molecule is O=C(NCC1CCCC(O)C1)n1cnc2ccc(N3CCCC3c3cc(F)ccc3F)nc21. The summed E-state index contributed by atoms with van der Waals surface area (Å²) in [5.74, 6) is -0.0605. The van der Waals surface area contributed by atoms with Crippen molar-refractivity contribution in [1.82, 2.24) is 19.9 Å². The highest BCUT2D eigenvalue weighted by molar-refractivity contribution is 5.87. The molecule has 1 saturated carbocycles. The Kier molecular flexibility index (Phi) is 5.97. The number of pyridine rings is 1. The van der Waals surface area contributed by atoms with Crippen molar-refractivity contribution in [2.75, 3.05) is 18.0 Å². The summed E-state index contributed by atoms with van der Waals surface area (Å²) < 4.78 is 29.6. The van der Waals surface area contributed by atoms with Gasteiger partial charge in [-0.15, -0.1) is 0 Å². The second kappa shape index (κ2) is 9.05. The number of benzene rings is 1. The number of nitrogens with zero attached hydrogens (tertiary/aromatic N) is 4. The van der Waals surface area contributed by atoms with Gasteiger partial charge >= 0.3 is 6.03 Å². The van der Waals surface area contributed by atoms with Gasteiger partial charge in [0.1, 0.15) is 29.3 Å². The second-order valence-electron chi connectivity index (χ2n) is 9.02. The van der Waals surface area contributed by atoms with E-state index >= 15 is 0 Å². The van der Waals surface area contributed by atoms with Gasteiger partial charge in [-0.25, -0.2) is 28.1 Å². The fourth-order valence-corrected chi connectivity index (χ4v) is 5.09. The van der Waals surface area contributed by atoms with E-state index in [1.54, 1.807) is 12.1 Å². The molecule has 33 heavy (non-hydrogen) atoms. The number of carbonyl (C=O) groups excluding carboxylic acids is 1. The number of hydrogen-bond donors (Lipinski definition) is 2. The summed E-state index contributed by atoms with van der Waals surface area (Å²) in [4.78, 5) is 23.8. The highest BCUT2D eigenvalue weighted by Gasteiger charge is 2.30. The molecule has 3 unspecified atom stereocenters. The average Bonchev–Trinajstić information content (AvgIpc) is 3.46. The zero-order valence-electron chi connectivity index (χ0n) is 18.3. The zero-order valence-corrected chi connectivity index (χ0v) is 18.3. The minimum Gasteiger partial charge on any atom is -0.393 e. The van der Waals surface area contributed by atoms with E-state index in [2.05, 4.69) is 15.3 Å². The molecular weight excluding hydrogens is 428 g/mol. The highest BCUT2D eigenvalue weighted by atomic mass is 19.1. The Morgan fingerprint density at radius 3 is 2.88 bits per heavy atom. The Morgan fingerprint density at radius 2 is 2.03 bits per heavy atom. The van der Waals surface area contributed by atoms with E-state index in [1.165, 1.54) is 17.0 Å². The topological polar surface area (TPSA) is 83.3 Å². The summed E-state index contributed by atoms with van der Waals surface area (Å²) in [5, 5.41) is 12.8. The minimum absolute atomic E-state index is 0.252. The van der Waals surface area contributed by atoms with Gasteiger partial charge in [-0.3, -0.25) is 0 Å². The lowest BCUT2D eigenvalue weighted by atomic mass is 9.87. The average molecular weight is 456 g/mol. The molecule has 0 spiro atoms. The third-order valence-electron chi connectivity index (χ3n) is 6.76. The van der Waals surface area contributed by atoms with Crippen molar-refractivity contribution < 1.29 is 18.7 Å². The van der Waals surface area contributed by atoms with E-state index in [0.717, 1.165) is 37.8 Å². The first kappa shape index (κ1) is 21.8. The van der Waals surface area contributed by atoms with Crippen molar-refractivity contribution in [3.05, 3.63) is 53.9 Å². The molecule has 174 valence electrons. The molecule has 1 aliphatic carbocycles. The second-order valence-corrected chi connectivity index (χ2v) is 9.02. The van der Waals surface area contributed by atoms with Gasteiger partial charge in [0, 0.05) is 18.7 Å². The number of amides is 1. The first-order valence-corrected chi connectivity index (χ1v) is 11.5. The van der Waals surface area contributed by atoms with E-state index in [1.807, 2.05) is 4.90 Å². The number of halogens is 2. The van der Waals surface area contributed by atoms with E-state index in [9.17, 15) is 18.7 Å². The third kappa shape index (κ3) is 4.42. The van der Waals surface area contributed by atoms with Crippen LogP contribution >= 0.6 is 0 Å². The van der Waals surface area contributed by atoms with Gasteiger partial charge in [-0.1, -0.05) is 6.42 Å². The maximum Gasteiger partial charge on any atom is 0.328 e. The van der Waals surface area contributed by atoms with Gasteiger partial charge < -0.3 is 15.3 Å². The number of aliphatic hydroxyl groups is 1. The van der Waals surface area contributed by atoms with Crippen LogP contribution in [0.1, 0.15) is 50.1 Å². The fraction of sp³-hybridized carbons (Fsp3) is 0.458. The fourth-order valence-electron chi connectivity index (χ4n) is 5.09. The molecule has 9 heteroatoms. The van der Waals surface area contributed by atoms with Crippen molar-refractivity contribution in [3.63, 3.8) is 0 Å². The maximum atomic E-state index is 14.4. The van der Waals surface area contributed by atoms with Crippen molar-refractivity contribution >= 4 is 23.0 Å². The van der Waals surface area contributed by atoms with Crippen LogP contribution in [0.2, 0.25) is 0 Å². The molecule has 0 radical (unpaired) electrons. The van der Waals surface area contributed by atoms with Crippen LogP contribution in [0.15, 0.2) is 36.7 Å². The molecule has 3 heterocycles. The van der Waals surface area contributed by atoms with Gasteiger partial charge in [0.15, 0.2) is 5.65 Å². The van der Waals surface area contributed by atoms with Crippen LogP contribution in [-0.4, -0.2) is 44.9 Å². The third-order valence-corrected chi connectivity index (χ3v) is 6.76. The van der Waals surface area contributed by atoms with Crippen LogP contribution < -0.4 is 10.2 Å². The van der Waals surface area contributed by atoms with Crippen LogP contribution in [-0.2, 0) is 0 Å². The molecule has 2 aromatic heterocycles. The number of rotatable bonds is 4. The Labute approximate surface area is 190 Å². The molecule has 3 aromatic rings. The predicted octanol–water partition coefficient (Wildman–Crippen LogP) is 4.16.